The molecule has 28 heavy (non-hydrogen) atoms. The van der Waals surface area contributed by atoms with E-state index in [1.807, 2.05) is 42.5 Å². The van der Waals surface area contributed by atoms with Crippen molar-refractivity contribution < 1.29 is 9.32 Å². The summed E-state index contributed by atoms with van der Waals surface area (Å²) in [4.78, 5) is 27.3. The molecule has 6 nitrogen and oxygen atoms in total. The number of carbonyl (C=O) groups excluding carboxylic acids is 1. The SMILES string of the molecule is CCCc1cc(=O)[nH]c2cc(NC(=O)c3cc(-c4ccccc4)on3)ccc12. The average Bonchev–Trinajstić information content (AvgIpc) is 3.19. The highest BCUT2D eigenvalue weighted by molar-refractivity contribution is 6.04. The van der Waals surface area contributed by atoms with Gasteiger partial charge in [-0.2, -0.15) is 0 Å². The van der Waals surface area contributed by atoms with Crippen LogP contribution >= 0.6 is 0 Å². The van der Waals surface area contributed by atoms with E-state index in [-0.39, 0.29) is 17.2 Å². The maximum Gasteiger partial charge on any atom is 0.277 e. The van der Waals surface area contributed by atoms with E-state index in [1.165, 1.54) is 0 Å². The van der Waals surface area contributed by atoms with Gasteiger partial charge < -0.3 is 14.8 Å². The molecule has 0 atom stereocenters. The van der Waals surface area contributed by atoms with Crippen molar-refractivity contribution in [3.05, 3.63) is 82.3 Å². The summed E-state index contributed by atoms with van der Waals surface area (Å²) in [5.41, 5.74) is 3.16. The summed E-state index contributed by atoms with van der Waals surface area (Å²) in [5, 5.41) is 7.64. The molecule has 4 aromatic rings. The molecule has 0 spiro atoms. The van der Waals surface area contributed by atoms with Crippen molar-refractivity contribution in [1.82, 2.24) is 10.1 Å². The van der Waals surface area contributed by atoms with Gasteiger partial charge in [0.15, 0.2) is 11.5 Å². The third kappa shape index (κ3) is 3.57. The summed E-state index contributed by atoms with van der Waals surface area (Å²) in [5.74, 6) is 0.148. The number of nitrogens with zero attached hydrogens (tertiary/aromatic N) is 1. The van der Waals surface area contributed by atoms with E-state index in [4.69, 9.17) is 4.52 Å². The van der Waals surface area contributed by atoms with Crippen LogP contribution in [0.15, 0.2) is 70.0 Å². The lowest BCUT2D eigenvalue weighted by Crippen LogP contribution is -2.12. The molecule has 0 aliphatic rings. The van der Waals surface area contributed by atoms with Crippen molar-refractivity contribution in [3.63, 3.8) is 0 Å². The van der Waals surface area contributed by atoms with Gasteiger partial charge in [-0.3, -0.25) is 9.59 Å². The normalized spacial score (nSPS) is 10.9. The second-order valence-corrected chi connectivity index (χ2v) is 6.57. The molecule has 140 valence electrons. The van der Waals surface area contributed by atoms with Gasteiger partial charge in [-0.1, -0.05) is 54.9 Å². The van der Waals surface area contributed by atoms with Crippen molar-refractivity contribution in [2.45, 2.75) is 19.8 Å². The van der Waals surface area contributed by atoms with Gasteiger partial charge in [-0.25, -0.2) is 0 Å². The number of aromatic amines is 1. The van der Waals surface area contributed by atoms with E-state index in [9.17, 15) is 9.59 Å². The van der Waals surface area contributed by atoms with Crippen LogP contribution in [0.4, 0.5) is 5.69 Å². The van der Waals surface area contributed by atoms with Gasteiger partial charge in [0, 0.05) is 28.8 Å². The van der Waals surface area contributed by atoms with Crippen LogP contribution in [0.5, 0.6) is 0 Å². The molecule has 0 aliphatic heterocycles. The van der Waals surface area contributed by atoms with Crippen LogP contribution in [0, 0.1) is 0 Å². The van der Waals surface area contributed by atoms with Crippen LogP contribution in [0.3, 0.4) is 0 Å². The molecule has 0 unspecified atom stereocenters. The van der Waals surface area contributed by atoms with Gasteiger partial charge in [0.05, 0.1) is 5.52 Å². The summed E-state index contributed by atoms with van der Waals surface area (Å²) < 4.78 is 5.28. The van der Waals surface area contributed by atoms with Crippen molar-refractivity contribution in [2.75, 3.05) is 5.32 Å². The topological polar surface area (TPSA) is 88.0 Å². The number of nitrogens with one attached hydrogen (secondary N) is 2. The molecule has 4 rings (SSSR count). The Morgan fingerprint density at radius 1 is 1.11 bits per heavy atom. The van der Waals surface area contributed by atoms with Crippen LogP contribution in [-0.2, 0) is 6.42 Å². The standard InChI is InChI=1S/C22H19N3O3/c1-2-6-15-11-21(26)24-18-12-16(9-10-17(15)18)23-22(27)19-13-20(28-25-19)14-7-4-3-5-8-14/h3-5,7-13H,2,6H2,1H3,(H,23,27)(H,24,26). The average molecular weight is 373 g/mol. The van der Waals surface area contributed by atoms with Gasteiger partial charge >= 0.3 is 0 Å². The Bertz CT molecular complexity index is 1190. The Balaban J connectivity index is 1.59. The second-order valence-electron chi connectivity index (χ2n) is 6.57. The van der Waals surface area contributed by atoms with Gasteiger partial charge in [0.1, 0.15) is 0 Å². The molecule has 0 fully saturated rings. The Morgan fingerprint density at radius 3 is 2.71 bits per heavy atom. The maximum absolute atomic E-state index is 12.5. The van der Waals surface area contributed by atoms with Crippen LogP contribution < -0.4 is 10.9 Å². The number of H-pyrrole nitrogens is 1. The molecule has 0 saturated heterocycles. The Kier molecular flexibility index (Phi) is 4.76. The second kappa shape index (κ2) is 7.52. The molecule has 2 heterocycles. The van der Waals surface area contributed by atoms with Gasteiger partial charge in [-0.15, -0.1) is 0 Å². The van der Waals surface area contributed by atoms with Crippen molar-refractivity contribution in [3.8, 4) is 11.3 Å². The fraction of sp³-hybridized carbons (Fsp3) is 0.136. The summed E-state index contributed by atoms with van der Waals surface area (Å²) >= 11 is 0. The molecule has 2 aromatic carbocycles. The van der Waals surface area contributed by atoms with Crippen molar-refractivity contribution >= 4 is 22.5 Å². The van der Waals surface area contributed by atoms with Crippen LogP contribution in [0.1, 0.15) is 29.4 Å². The monoisotopic (exact) mass is 373 g/mol. The number of fused-ring (bicyclic) bond motifs is 1. The van der Waals surface area contributed by atoms with E-state index >= 15 is 0 Å². The van der Waals surface area contributed by atoms with E-state index in [2.05, 4.69) is 22.4 Å². The zero-order chi connectivity index (χ0) is 19.5. The van der Waals surface area contributed by atoms with Gasteiger partial charge in [-0.05, 0) is 24.1 Å². The Labute approximate surface area is 161 Å². The summed E-state index contributed by atoms with van der Waals surface area (Å²) in [6.45, 7) is 2.07. The predicted octanol–water partition coefficient (Wildman–Crippen LogP) is 4.39. The van der Waals surface area contributed by atoms with E-state index in [0.29, 0.717) is 17.0 Å². The third-order valence-corrected chi connectivity index (χ3v) is 4.51. The first-order valence-electron chi connectivity index (χ1n) is 9.13. The van der Waals surface area contributed by atoms with E-state index < -0.39 is 0 Å². The number of aryl methyl sites for hydroxylation is 1. The molecule has 0 saturated carbocycles. The first kappa shape index (κ1) is 17.7. The first-order valence-corrected chi connectivity index (χ1v) is 9.13. The minimum Gasteiger partial charge on any atom is -0.355 e. The summed E-state index contributed by atoms with van der Waals surface area (Å²) in [7, 11) is 0. The number of anilines is 1. The number of carbonyl (C=O) groups is 1. The van der Waals surface area contributed by atoms with E-state index in [0.717, 1.165) is 29.4 Å². The van der Waals surface area contributed by atoms with Crippen LogP contribution in [-0.4, -0.2) is 16.0 Å². The zero-order valence-electron chi connectivity index (χ0n) is 15.4. The van der Waals surface area contributed by atoms with Crippen molar-refractivity contribution in [1.29, 1.82) is 0 Å². The van der Waals surface area contributed by atoms with Crippen LogP contribution in [0.25, 0.3) is 22.2 Å². The number of benzene rings is 2. The fourth-order valence-corrected chi connectivity index (χ4v) is 3.20. The Morgan fingerprint density at radius 2 is 1.93 bits per heavy atom. The third-order valence-electron chi connectivity index (χ3n) is 4.51. The Hall–Kier alpha value is -3.67. The molecule has 0 aliphatic carbocycles. The largest absolute Gasteiger partial charge is 0.355 e. The zero-order valence-corrected chi connectivity index (χ0v) is 15.4. The van der Waals surface area contributed by atoms with Crippen molar-refractivity contribution in [2.24, 2.45) is 0 Å². The van der Waals surface area contributed by atoms with Gasteiger partial charge in [0.25, 0.3) is 5.91 Å². The lowest BCUT2D eigenvalue weighted by Gasteiger charge is -2.08. The van der Waals surface area contributed by atoms with Gasteiger partial charge in [0.2, 0.25) is 5.56 Å². The van der Waals surface area contributed by atoms with E-state index in [1.54, 1.807) is 18.2 Å². The lowest BCUT2D eigenvalue weighted by atomic mass is 10.0. The predicted molar refractivity (Wildman–Crippen MR) is 108 cm³/mol. The highest BCUT2D eigenvalue weighted by Crippen LogP contribution is 2.23. The van der Waals surface area contributed by atoms with Crippen LogP contribution in [0.2, 0.25) is 0 Å². The molecule has 0 radical (unpaired) electrons. The smallest absolute Gasteiger partial charge is 0.277 e. The first-order chi connectivity index (χ1) is 13.6. The fourth-order valence-electron chi connectivity index (χ4n) is 3.20. The maximum atomic E-state index is 12.5. The lowest BCUT2D eigenvalue weighted by molar-refractivity contribution is 0.101. The minimum atomic E-state index is -0.377. The number of amides is 1. The molecule has 0 bridgehead atoms. The number of hydrogen-bond acceptors (Lipinski definition) is 4. The number of hydrogen-bond donors (Lipinski definition) is 2. The number of rotatable bonds is 5. The number of pyridine rings is 1. The highest BCUT2D eigenvalue weighted by Gasteiger charge is 2.14. The highest BCUT2D eigenvalue weighted by atomic mass is 16.5. The minimum absolute atomic E-state index is 0.150. The summed E-state index contributed by atoms with van der Waals surface area (Å²) in [6, 6.07) is 18.2. The molecule has 6 heteroatoms. The number of aromatic nitrogens is 2. The molecular weight excluding hydrogens is 354 g/mol. The molecule has 2 aromatic heterocycles. The molecule has 2 N–H and O–H groups in total. The molecular formula is C22H19N3O3. The quantitative estimate of drug-likeness (QED) is 0.543. The molecule has 1 amide bonds. The summed E-state index contributed by atoms with van der Waals surface area (Å²) in [6.07, 6.45) is 1.78.